The summed E-state index contributed by atoms with van der Waals surface area (Å²) < 4.78 is 10.9. The van der Waals surface area contributed by atoms with Crippen LogP contribution >= 0.6 is 0 Å². The van der Waals surface area contributed by atoms with Gasteiger partial charge < -0.3 is 26.3 Å². The molecule has 0 radical (unpaired) electrons. The second-order valence-corrected chi connectivity index (χ2v) is 6.80. The molecule has 3 rings (SSSR count). The zero-order chi connectivity index (χ0) is 20.3. The third kappa shape index (κ3) is 3.80. The number of rotatable bonds is 7. The van der Waals surface area contributed by atoms with E-state index in [0.717, 1.165) is 12.0 Å². The number of imide groups is 1. The first kappa shape index (κ1) is 19.3. The van der Waals surface area contributed by atoms with E-state index in [2.05, 4.69) is 10.6 Å². The molecule has 2 aromatic rings. The molecule has 0 aliphatic carbocycles. The molecular formula is C20H24N4O4. The van der Waals surface area contributed by atoms with Crippen molar-refractivity contribution in [2.45, 2.75) is 31.7 Å². The number of anilines is 2. The molecule has 8 heteroatoms. The lowest BCUT2D eigenvalue weighted by Crippen LogP contribution is -2.48. The van der Waals surface area contributed by atoms with Crippen molar-refractivity contribution in [2.24, 2.45) is 0 Å². The Morgan fingerprint density at radius 3 is 2.14 bits per heavy atom. The first-order valence-corrected chi connectivity index (χ1v) is 9.00. The number of nitrogens with two attached hydrogens (primary N) is 2. The molecule has 2 aromatic carbocycles. The summed E-state index contributed by atoms with van der Waals surface area (Å²) in [4.78, 5) is 24.0. The van der Waals surface area contributed by atoms with Crippen LogP contribution in [-0.2, 0) is 11.2 Å². The summed E-state index contributed by atoms with van der Waals surface area (Å²) >= 11 is 0. The van der Waals surface area contributed by atoms with Crippen LogP contribution < -0.4 is 31.6 Å². The van der Waals surface area contributed by atoms with Crippen molar-refractivity contribution in [1.82, 2.24) is 10.6 Å². The van der Waals surface area contributed by atoms with Crippen LogP contribution in [0.1, 0.15) is 25.3 Å². The van der Waals surface area contributed by atoms with Gasteiger partial charge in [0.05, 0.1) is 18.5 Å². The number of nitrogens with one attached hydrogen (secondary N) is 2. The molecule has 6 N–H and O–H groups in total. The summed E-state index contributed by atoms with van der Waals surface area (Å²) in [7, 11) is 1.59. The van der Waals surface area contributed by atoms with Crippen LogP contribution in [0, 0.1) is 0 Å². The Balaban J connectivity index is 1.84. The molecule has 1 atom stereocenters. The minimum Gasteiger partial charge on any atom is -0.497 e. The molecule has 1 saturated heterocycles. The zero-order valence-electron chi connectivity index (χ0n) is 15.9. The summed E-state index contributed by atoms with van der Waals surface area (Å²) in [6, 6.07) is 9.98. The summed E-state index contributed by atoms with van der Waals surface area (Å²) in [6.45, 7) is 1.95. The molecule has 8 nitrogen and oxygen atoms in total. The van der Waals surface area contributed by atoms with Crippen molar-refractivity contribution in [1.29, 1.82) is 0 Å². The number of nitrogen functional groups attached to an aromatic ring is 2. The monoisotopic (exact) mass is 384 g/mol. The third-order valence-electron chi connectivity index (χ3n) is 4.68. The number of urea groups is 1. The van der Waals surface area contributed by atoms with Crippen LogP contribution in [0.5, 0.6) is 17.2 Å². The molecular weight excluding hydrogens is 360 g/mol. The lowest BCUT2D eigenvalue weighted by atomic mass is 9.86. The number of benzene rings is 2. The topological polar surface area (TPSA) is 129 Å². The first-order chi connectivity index (χ1) is 13.4. The van der Waals surface area contributed by atoms with Gasteiger partial charge in [-0.2, -0.15) is 0 Å². The summed E-state index contributed by atoms with van der Waals surface area (Å²) in [5.41, 5.74) is 12.8. The largest absolute Gasteiger partial charge is 0.497 e. The van der Waals surface area contributed by atoms with Gasteiger partial charge in [0.25, 0.3) is 5.91 Å². The average Bonchev–Trinajstić information content (AvgIpc) is 2.92. The van der Waals surface area contributed by atoms with Gasteiger partial charge in [0.15, 0.2) is 5.75 Å². The maximum absolute atomic E-state index is 12.3. The molecule has 0 aromatic heterocycles. The molecule has 1 aliphatic heterocycles. The van der Waals surface area contributed by atoms with Crippen LogP contribution in [0.4, 0.5) is 16.2 Å². The molecule has 0 bridgehead atoms. The quantitative estimate of drug-likeness (QED) is 0.429. The van der Waals surface area contributed by atoms with E-state index in [0.29, 0.717) is 35.0 Å². The van der Waals surface area contributed by atoms with Crippen LogP contribution in [0.3, 0.4) is 0 Å². The highest BCUT2D eigenvalue weighted by molar-refractivity contribution is 6.07. The Hall–Kier alpha value is -3.42. The molecule has 3 amide bonds. The van der Waals surface area contributed by atoms with E-state index >= 15 is 0 Å². The highest BCUT2D eigenvalue weighted by atomic mass is 16.5. The van der Waals surface area contributed by atoms with E-state index < -0.39 is 11.6 Å². The molecule has 1 unspecified atom stereocenters. The highest BCUT2D eigenvalue weighted by Crippen LogP contribution is 2.36. The second-order valence-electron chi connectivity index (χ2n) is 6.80. The predicted octanol–water partition coefficient (Wildman–Crippen LogP) is 2.57. The van der Waals surface area contributed by atoms with Crippen LogP contribution in [-0.4, -0.2) is 24.6 Å². The fraction of sp³-hybridized carbons (Fsp3) is 0.300. The van der Waals surface area contributed by atoms with Gasteiger partial charge in [-0.05, 0) is 48.4 Å². The Bertz CT molecular complexity index is 875. The third-order valence-corrected chi connectivity index (χ3v) is 4.68. The normalized spacial score (nSPS) is 18.5. The average molecular weight is 384 g/mol. The number of carbonyl (C=O) groups is 2. The summed E-state index contributed by atoms with van der Waals surface area (Å²) in [6.07, 6.45) is 1.53. The minimum absolute atomic E-state index is 0.287. The Morgan fingerprint density at radius 2 is 1.64 bits per heavy atom. The summed E-state index contributed by atoms with van der Waals surface area (Å²) in [5, 5.41) is 5.06. The standard InChI is InChI=1S/C20H24N4O4/c1-3-8-20(18(25)23-19(26)24-20)11-12-9-15(21)17(16(22)10-12)28-14-6-4-13(27-2)5-7-14/h4-7,9-10H,3,8,11,21-22H2,1-2H3,(H2,23,24,25,26). The molecule has 28 heavy (non-hydrogen) atoms. The van der Waals surface area contributed by atoms with Crippen LogP contribution in [0.2, 0.25) is 0 Å². The van der Waals surface area contributed by atoms with Crippen molar-refractivity contribution in [3.63, 3.8) is 0 Å². The minimum atomic E-state index is -0.997. The SMILES string of the molecule is CCCC1(Cc2cc(N)c(Oc3ccc(OC)cc3)c(N)c2)NC(=O)NC1=O. The van der Waals surface area contributed by atoms with Gasteiger partial charge in [-0.25, -0.2) is 4.79 Å². The summed E-state index contributed by atoms with van der Waals surface area (Å²) in [5.74, 6) is 1.28. The van der Waals surface area contributed by atoms with Gasteiger partial charge in [-0.3, -0.25) is 10.1 Å². The van der Waals surface area contributed by atoms with E-state index in [1.807, 2.05) is 6.92 Å². The van der Waals surface area contributed by atoms with Crippen LogP contribution in [0.15, 0.2) is 36.4 Å². The fourth-order valence-corrected chi connectivity index (χ4v) is 3.41. The maximum Gasteiger partial charge on any atom is 0.322 e. The zero-order valence-corrected chi connectivity index (χ0v) is 15.9. The number of methoxy groups -OCH3 is 1. The van der Waals surface area contributed by atoms with Crippen LogP contribution in [0.25, 0.3) is 0 Å². The van der Waals surface area contributed by atoms with Crippen molar-refractivity contribution in [3.8, 4) is 17.2 Å². The van der Waals surface area contributed by atoms with Crippen molar-refractivity contribution >= 4 is 23.3 Å². The van der Waals surface area contributed by atoms with Gasteiger partial charge in [0.1, 0.15) is 17.0 Å². The van der Waals surface area contributed by atoms with Gasteiger partial charge in [0.2, 0.25) is 0 Å². The molecule has 1 fully saturated rings. The predicted molar refractivity (Wildman–Crippen MR) is 106 cm³/mol. The lowest BCUT2D eigenvalue weighted by molar-refractivity contribution is -0.124. The van der Waals surface area contributed by atoms with E-state index in [4.69, 9.17) is 20.9 Å². The maximum atomic E-state index is 12.3. The lowest BCUT2D eigenvalue weighted by Gasteiger charge is -2.26. The van der Waals surface area contributed by atoms with Crippen molar-refractivity contribution in [2.75, 3.05) is 18.6 Å². The highest BCUT2D eigenvalue weighted by Gasteiger charge is 2.45. The number of carbonyl (C=O) groups excluding carboxylic acids is 2. The molecule has 148 valence electrons. The molecule has 0 saturated carbocycles. The van der Waals surface area contributed by atoms with Gasteiger partial charge in [-0.15, -0.1) is 0 Å². The van der Waals surface area contributed by atoms with Gasteiger partial charge in [0, 0.05) is 6.42 Å². The van der Waals surface area contributed by atoms with Gasteiger partial charge >= 0.3 is 6.03 Å². The van der Waals surface area contributed by atoms with E-state index in [-0.39, 0.29) is 12.3 Å². The molecule has 1 heterocycles. The Morgan fingerprint density at radius 1 is 1.04 bits per heavy atom. The Kier molecular flexibility index (Phi) is 5.30. The molecule has 0 spiro atoms. The first-order valence-electron chi connectivity index (χ1n) is 9.00. The van der Waals surface area contributed by atoms with E-state index in [1.165, 1.54) is 0 Å². The van der Waals surface area contributed by atoms with E-state index in [1.54, 1.807) is 43.5 Å². The van der Waals surface area contributed by atoms with Crippen molar-refractivity contribution < 1.29 is 19.1 Å². The fourth-order valence-electron chi connectivity index (χ4n) is 3.41. The number of hydrogen-bond donors (Lipinski definition) is 4. The Labute approximate surface area is 163 Å². The second kappa shape index (κ2) is 7.67. The molecule has 1 aliphatic rings. The van der Waals surface area contributed by atoms with E-state index in [9.17, 15) is 9.59 Å². The van der Waals surface area contributed by atoms with Gasteiger partial charge in [-0.1, -0.05) is 13.3 Å². The number of ether oxygens (including phenoxy) is 2. The number of hydrogen-bond acceptors (Lipinski definition) is 6. The van der Waals surface area contributed by atoms with Crippen molar-refractivity contribution in [3.05, 3.63) is 42.0 Å². The smallest absolute Gasteiger partial charge is 0.322 e. The number of amides is 3.